The molecule has 1 aromatic carbocycles. The van der Waals surface area contributed by atoms with Crippen molar-refractivity contribution in [2.75, 3.05) is 18.5 Å². The van der Waals surface area contributed by atoms with Crippen LogP contribution in [0.2, 0.25) is 0 Å². The Morgan fingerprint density at radius 2 is 1.77 bits per heavy atom. The minimum Gasteiger partial charge on any atom is -0.506 e. The molecule has 4 N–H and O–H groups in total. The summed E-state index contributed by atoms with van der Waals surface area (Å²) < 4.78 is 0. The molecule has 0 saturated heterocycles. The Bertz CT molecular complexity index is 261. The summed E-state index contributed by atoms with van der Waals surface area (Å²) in [6.45, 7) is -0.352. The number of hydrogen-bond donors (Lipinski definition) is 4. The highest BCUT2D eigenvalue weighted by atomic mass is 16.3. The number of rotatable bonds is 4. The van der Waals surface area contributed by atoms with Crippen molar-refractivity contribution in [3.05, 3.63) is 24.3 Å². The van der Waals surface area contributed by atoms with Crippen LogP contribution in [-0.4, -0.2) is 34.6 Å². The van der Waals surface area contributed by atoms with Crippen LogP contribution in [0.1, 0.15) is 0 Å². The number of aliphatic hydroxyl groups excluding tert-OH is 2. The zero-order valence-corrected chi connectivity index (χ0v) is 7.14. The second kappa shape index (κ2) is 4.69. The maximum Gasteiger partial charge on any atom is 0.138 e. The molecule has 1 aromatic rings. The van der Waals surface area contributed by atoms with Gasteiger partial charge in [-0.05, 0) is 12.1 Å². The van der Waals surface area contributed by atoms with Gasteiger partial charge in [0.15, 0.2) is 0 Å². The smallest absolute Gasteiger partial charge is 0.138 e. The van der Waals surface area contributed by atoms with Crippen molar-refractivity contribution in [3.63, 3.8) is 0 Å². The highest BCUT2D eigenvalue weighted by molar-refractivity contribution is 5.55. The fourth-order valence-electron chi connectivity index (χ4n) is 0.965. The molecule has 0 aromatic heterocycles. The first-order valence-corrected chi connectivity index (χ1v) is 4.04. The van der Waals surface area contributed by atoms with Crippen LogP contribution in [0, 0.1) is 0 Å². The number of hydrogen-bond acceptors (Lipinski definition) is 4. The minimum absolute atomic E-state index is 0.106. The van der Waals surface area contributed by atoms with Crippen molar-refractivity contribution in [2.45, 2.75) is 6.04 Å². The predicted octanol–water partition coefficient (Wildman–Crippen LogP) is 0.157. The molecule has 0 unspecified atom stereocenters. The molecule has 13 heavy (non-hydrogen) atoms. The van der Waals surface area contributed by atoms with Gasteiger partial charge in [-0.15, -0.1) is 0 Å². The summed E-state index contributed by atoms with van der Waals surface area (Å²) in [5.41, 5.74) is 0.510. The number of anilines is 1. The summed E-state index contributed by atoms with van der Waals surface area (Å²) in [5.74, 6) is 0.106. The van der Waals surface area contributed by atoms with Crippen molar-refractivity contribution in [3.8, 4) is 5.75 Å². The summed E-state index contributed by atoms with van der Waals surface area (Å²) >= 11 is 0. The molecule has 0 saturated carbocycles. The Balaban J connectivity index is 2.67. The lowest BCUT2D eigenvalue weighted by molar-refractivity contribution is 0.203. The van der Waals surface area contributed by atoms with E-state index < -0.39 is 6.04 Å². The van der Waals surface area contributed by atoms with E-state index in [1.165, 1.54) is 6.07 Å². The third-order valence-corrected chi connectivity index (χ3v) is 1.70. The van der Waals surface area contributed by atoms with E-state index in [1.54, 1.807) is 18.2 Å². The van der Waals surface area contributed by atoms with Crippen LogP contribution in [0.15, 0.2) is 24.3 Å². The maximum atomic E-state index is 9.32. The number of nitrogens with one attached hydrogen (secondary N) is 1. The van der Waals surface area contributed by atoms with Crippen LogP contribution in [0.25, 0.3) is 0 Å². The van der Waals surface area contributed by atoms with Gasteiger partial charge in [0.2, 0.25) is 0 Å². The van der Waals surface area contributed by atoms with Gasteiger partial charge in [0.05, 0.1) is 24.9 Å². The van der Waals surface area contributed by atoms with Gasteiger partial charge in [0.1, 0.15) is 5.75 Å². The van der Waals surface area contributed by atoms with E-state index in [0.29, 0.717) is 5.69 Å². The van der Waals surface area contributed by atoms with Gasteiger partial charge >= 0.3 is 0 Å². The summed E-state index contributed by atoms with van der Waals surface area (Å²) in [6, 6.07) is 6.23. The zero-order chi connectivity index (χ0) is 9.68. The minimum atomic E-state index is -0.437. The molecule has 4 heteroatoms. The standard InChI is InChI=1S/C9H13NO3/c11-5-7(6-12)10-8-3-1-2-4-9(8)13/h1-4,7,10-13H,5-6H2. The average molecular weight is 183 g/mol. The first kappa shape index (κ1) is 9.83. The molecule has 0 aliphatic heterocycles. The van der Waals surface area contributed by atoms with E-state index in [1.807, 2.05) is 0 Å². The molecule has 0 fully saturated rings. The zero-order valence-electron chi connectivity index (χ0n) is 7.14. The Morgan fingerprint density at radius 3 is 2.31 bits per heavy atom. The van der Waals surface area contributed by atoms with Gasteiger partial charge in [-0.1, -0.05) is 12.1 Å². The SMILES string of the molecule is OCC(CO)Nc1ccccc1O. The van der Waals surface area contributed by atoms with Crippen LogP contribution < -0.4 is 5.32 Å². The molecule has 4 nitrogen and oxygen atoms in total. The lowest BCUT2D eigenvalue weighted by Gasteiger charge is -2.15. The van der Waals surface area contributed by atoms with Gasteiger partial charge in [-0.2, -0.15) is 0 Å². The molecular formula is C9H13NO3. The number of para-hydroxylation sites is 2. The topological polar surface area (TPSA) is 72.7 Å². The third-order valence-electron chi connectivity index (χ3n) is 1.70. The summed E-state index contributed by atoms with van der Waals surface area (Å²) in [7, 11) is 0. The monoisotopic (exact) mass is 183 g/mol. The van der Waals surface area contributed by atoms with E-state index in [4.69, 9.17) is 10.2 Å². The summed E-state index contributed by atoms with van der Waals surface area (Å²) in [5, 5.41) is 29.7. The van der Waals surface area contributed by atoms with Crippen LogP contribution in [-0.2, 0) is 0 Å². The Kier molecular flexibility index (Phi) is 3.54. The summed E-state index contributed by atoms with van der Waals surface area (Å²) in [4.78, 5) is 0. The molecule has 0 aliphatic rings. The highest BCUT2D eigenvalue weighted by Gasteiger charge is 2.06. The second-order valence-electron chi connectivity index (χ2n) is 2.72. The predicted molar refractivity (Wildman–Crippen MR) is 49.7 cm³/mol. The van der Waals surface area contributed by atoms with Gasteiger partial charge in [0.25, 0.3) is 0 Å². The average Bonchev–Trinajstić information content (AvgIpc) is 2.17. The van der Waals surface area contributed by atoms with Gasteiger partial charge < -0.3 is 20.6 Å². The molecule has 0 radical (unpaired) electrons. The van der Waals surface area contributed by atoms with Gasteiger partial charge in [-0.25, -0.2) is 0 Å². The maximum absolute atomic E-state index is 9.32. The molecule has 0 amide bonds. The van der Waals surface area contributed by atoms with Crippen LogP contribution in [0.3, 0.4) is 0 Å². The lowest BCUT2D eigenvalue weighted by atomic mass is 10.2. The first-order chi connectivity index (χ1) is 6.27. The number of aromatic hydroxyl groups is 1. The molecule has 0 bridgehead atoms. The summed E-state index contributed by atoms with van der Waals surface area (Å²) in [6.07, 6.45) is 0. The fourth-order valence-corrected chi connectivity index (χ4v) is 0.965. The van der Waals surface area contributed by atoms with E-state index in [-0.39, 0.29) is 19.0 Å². The fraction of sp³-hybridized carbons (Fsp3) is 0.333. The van der Waals surface area contributed by atoms with Crippen molar-refractivity contribution in [1.82, 2.24) is 0 Å². The van der Waals surface area contributed by atoms with Crippen molar-refractivity contribution < 1.29 is 15.3 Å². The van der Waals surface area contributed by atoms with Gasteiger partial charge in [-0.3, -0.25) is 0 Å². The van der Waals surface area contributed by atoms with Crippen LogP contribution in [0.5, 0.6) is 5.75 Å². The first-order valence-electron chi connectivity index (χ1n) is 4.04. The normalized spacial score (nSPS) is 10.4. The third kappa shape index (κ3) is 2.61. The quantitative estimate of drug-likeness (QED) is 0.502. The Hall–Kier alpha value is -1.26. The number of benzene rings is 1. The number of phenols is 1. The number of aliphatic hydroxyl groups is 2. The van der Waals surface area contributed by atoms with Crippen LogP contribution >= 0.6 is 0 Å². The Morgan fingerprint density at radius 1 is 1.15 bits per heavy atom. The molecular weight excluding hydrogens is 170 g/mol. The van der Waals surface area contributed by atoms with Gasteiger partial charge in [0, 0.05) is 0 Å². The second-order valence-corrected chi connectivity index (χ2v) is 2.72. The number of phenolic OH excluding ortho intramolecular Hbond substituents is 1. The highest BCUT2D eigenvalue weighted by Crippen LogP contribution is 2.21. The van der Waals surface area contributed by atoms with Crippen molar-refractivity contribution in [2.24, 2.45) is 0 Å². The van der Waals surface area contributed by atoms with Crippen molar-refractivity contribution in [1.29, 1.82) is 0 Å². The van der Waals surface area contributed by atoms with Crippen LogP contribution in [0.4, 0.5) is 5.69 Å². The molecule has 0 atom stereocenters. The lowest BCUT2D eigenvalue weighted by Crippen LogP contribution is -2.27. The molecule has 1 rings (SSSR count). The molecule has 0 spiro atoms. The Labute approximate surface area is 76.5 Å². The van der Waals surface area contributed by atoms with E-state index >= 15 is 0 Å². The molecule has 0 aliphatic carbocycles. The molecule has 72 valence electrons. The van der Waals surface area contributed by atoms with E-state index in [0.717, 1.165) is 0 Å². The van der Waals surface area contributed by atoms with E-state index in [9.17, 15) is 5.11 Å². The van der Waals surface area contributed by atoms with Crippen molar-refractivity contribution >= 4 is 5.69 Å². The van der Waals surface area contributed by atoms with E-state index in [2.05, 4.69) is 5.32 Å². The largest absolute Gasteiger partial charge is 0.506 e. The molecule has 0 heterocycles.